The molecule has 1 unspecified atom stereocenters. The van der Waals surface area contributed by atoms with Crippen LogP contribution in [-0.4, -0.2) is 10.1 Å². The standard InChI is InChI=1S/C5H6N4O2/c6-2-1-3(7)4-8-5(10)11-9-4/h3H,1,7H2,(H,8,9,10). The number of aromatic amines is 1. The van der Waals surface area contributed by atoms with E-state index in [4.69, 9.17) is 11.0 Å². The van der Waals surface area contributed by atoms with Crippen LogP contribution in [0.15, 0.2) is 9.32 Å². The first-order valence-corrected chi connectivity index (χ1v) is 2.92. The molecule has 0 saturated heterocycles. The second-order valence-corrected chi connectivity index (χ2v) is 1.95. The Morgan fingerprint density at radius 2 is 2.64 bits per heavy atom. The summed E-state index contributed by atoms with van der Waals surface area (Å²) in [4.78, 5) is 12.6. The second kappa shape index (κ2) is 2.98. The van der Waals surface area contributed by atoms with E-state index >= 15 is 0 Å². The van der Waals surface area contributed by atoms with Crippen molar-refractivity contribution in [2.75, 3.05) is 0 Å². The van der Waals surface area contributed by atoms with Crippen LogP contribution in [0.4, 0.5) is 0 Å². The molecule has 1 aromatic rings. The van der Waals surface area contributed by atoms with Gasteiger partial charge in [0.2, 0.25) is 0 Å². The van der Waals surface area contributed by atoms with E-state index in [1.807, 2.05) is 6.07 Å². The highest BCUT2D eigenvalue weighted by molar-refractivity contribution is 4.93. The average Bonchev–Trinajstić information content (AvgIpc) is 2.36. The summed E-state index contributed by atoms with van der Waals surface area (Å²) >= 11 is 0. The number of hydrogen-bond donors (Lipinski definition) is 2. The third kappa shape index (κ3) is 1.65. The zero-order chi connectivity index (χ0) is 8.27. The molecule has 0 fully saturated rings. The molecule has 3 N–H and O–H groups in total. The van der Waals surface area contributed by atoms with E-state index in [9.17, 15) is 4.79 Å². The first kappa shape index (κ1) is 7.50. The summed E-state index contributed by atoms with van der Waals surface area (Å²) in [7, 11) is 0. The predicted molar refractivity (Wildman–Crippen MR) is 34.3 cm³/mol. The van der Waals surface area contributed by atoms with E-state index < -0.39 is 11.8 Å². The molecule has 0 aliphatic heterocycles. The third-order valence-corrected chi connectivity index (χ3v) is 1.12. The van der Waals surface area contributed by atoms with Crippen LogP contribution in [0.1, 0.15) is 18.3 Å². The van der Waals surface area contributed by atoms with Gasteiger partial charge in [0.15, 0.2) is 5.82 Å². The molecule has 0 saturated carbocycles. The Labute approximate surface area is 61.6 Å². The van der Waals surface area contributed by atoms with Crippen LogP contribution in [0.5, 0.6) is 0 Å². The fraction of sp³-hybridized carbons (Fsp3) is 0.400. The van der Waals surface area contributed by atoms with Crippen LogP contribution in [0.2, 0.25) is 0 Å². The maximum atomic E-state index is 10.4. The normalized spacial score (nSPS) is 12.4. The van der Waals surface area contributed by atoms with Gasteiger partial charge in [-0.05, 0) is 0 Å². The Hall–Kier alpha value is -1.61. The molecule has 0 aromatic carbocycles. The number of nitrogens with two attached hydrogens (primary N) is 1. The molecule has 0 aliphatic rings. The number of rotatable bonds is 2. The average molecular weight is 154 g/mol. The summed E-state index contributed by atoms with van der Waals surface area (Å²) in [5.41, 5.74) is 5.40. The zero-order valence-corrected chi connectivity index (χ0v) is 5.57. The van der Waals surface area contributed by atoms with Crippen molar-refractivity contribution in [3.63, 3.8) is 0 Å². The Bertz CT molecular complexity index is 320. The van der Waals surface area contributed by atoms with Crippen molar-refractivity contribution in [3.05, 3.63) is 16.4 Å². The van der Waals surface area contributed by atoms with Crippen molar-refractivity contribution in [2.24, 2.45) is 5.73 Å². The lowest BCUT2D eigenvalue weighted by atomic mass is 10.2. The van der Waals surface area contributed by atoms with Crippen LogP contribution < -0.4 is 11.5 Å². The molecule has 0 aliphatic carbocycles. The van der Waals surface area contributed by atoms with Crippen LogP contribution >= 0.6 is 0 Å². The minimum absolute atomic E-state index is 0.0997. The summed E-state index contributed by atoms with van der Waals surface area (Å²) in [6, 6.07) is 1.27. The SMILES string of the molecule is N#CCC(N)c1noc(=O)[nH]1. The molecule has 0 bridgehead atoms. The topological polar surface area (TPSA) is 109 Å². The number of nitrogens with one attached hydrogen (secondary N) is 1. The van der Waals surface area contributed by atoms with E-state index in [2.05, 4.69) is 14.7 Å². The maximum Gasteiger partial charge on any atom is 0.438 e. The molecule has 58 valence electrons. The van der Waals surface area contributed by atoms with E-state index in [0.717, 1.165) is 0 Å². The number of aromatic nitrogens is 2. The van der Waals surface area contributed by atoms with Crippen LogP contribution in [0.25, 0.3) is 0 Å². The van der Waals surface area contributed by atoms with Gasteiger partial charge in [0.1, 0.15) is 0 Å². The van der Waals surface area contributed by atoms with Crippen molar-refractivity contribution in [1.29, 1.82) is 5.26 Å². The Balaban J connectivity index is 2.78. The van der Waals surface area contributed by atoms with Gasteiger partial charge in [-0.15, -0.1) is 0 Å². The molecule has 1 rings (SSSR count). The van der Waals surface area contributed by atoms with Crippen LogP contribution in [0, 0.1) is 11.3 Å². The Kier molecular flexibility index (Phi) is 2.03. The van der Waals surface area contributed by atoms with Gasteiger partial charge in [-0.1, -0.05) is 5.16 Å². The summed E-state index contributed by atoms with van der Waals surface area (Å²) < 4.78 is 4.18. The van der Waals surface area contributed by atoms with Gasteiger partial charge in [-0.2, -0.15) is 5.26 Å². The lowest BCUT2D eigenvalue weighted by Gasteiger charge is -1.97. The number of nitrogens with zero attached hydrogens (tertiary/aromatic N) is 2. The van der Waals surface area contributed by atoms with Gasteiger partial charge in [-0.3, -0.25) is 9.51 Å². The van der Waals surface area contributed by atoms with Gasteiger partial charge >= 0.3 is 5.76 Å². The molecule has 1 heterocycles. The predicted octanol–water partition coefficient (Wildman–Crippen LogP) is -0.724. The third-order valence-electron chi connectivity index (χ3n) is 1.12. The summed E-state index contributed by atoms with van der Waals surface area (Å²) in [6.07, 6.45) is 0.0997. The first-order chi connectivity index (χ1) is 5.24. The molecule has 6 nitrogen and oxygen atoms in total. The van der Waals surface area contributed by atoms with E-state index in [1.54, 1.807) is 0 Å². The van der Waals surface area contributed by atoms with Gasteiger partial charge in [0.05, 0.1) is 18.5 Å². The Morgan fingerprint density at radius 3 is 3.09 bits per heavy atom. The second-order valence-electron chi connectivity index (χ2n) is 1.95. The fourth-order valence-electron chi connectivity index (χ4n) is 0.596. The first-order valence-electron chi connectivity index (χ1n) is 2.92. The number of hydrogen-bond acceptors (Lipinski definition) is 5. The lowest BCUT2D eigenvalue weighted by Crippen LogP contribution is -2.12. The summed E-state index contributed by atoms with van der Waals surface area (Å²) in [6.45, 7) is 0. The van der Waals surface area contributed by atoms with Gasteiger partial charge in [0, 0.05) is 0 Å². The van der Waals surface area contributed by atoms with E-state index in [0.29, 0.717) is 0 Å². The lowest BCUT2D eigenvalue weighted by molar-refractivity contribution is 0.377. The quantitative estimate of drug-likeness (QED) is 0.584. The largest absolute Gasteiger partial charge is 0.438 e. The molecule has 6 heteroatoms. The Morgan fingerprint density at radius 1 is 1.91 bits per heavy atom. The molecule has 0 spiro atoms. The van der Waals surface area contributed by atoms with Crippen LogP contribution in [0.3, 0.4) is 0 Å². The van der Waals surface area contributed by atoms with Gasteiger partial charge in [0.25, 0.3) is 0 Å². The molecule has 11 heavy (non-hydrogen) atoms. The highest BCUT2D eigenvalue weighted by atomic mass is 16.5. The van der Waals surface area contributed by atoms with Crippen molar-refractivity contribution in [1.82, 2.24) is 10.1 Å². The van der Waals surface area contributed by atoms with Crippen LogP contribution in [-0.2, 0) is 0 Å². The maximum absolute atomic E-state index is 10.4. The van der Waals surface area contributed by atoms with Gasteiger partial charge in [-0.25, -0.2) is 4.79 Å². The van der Waals surface area contributed by atoms with Crippen molar-refractivity contribution < 1.29 is 4.52 Å². The van der Waals surface area contributed by atoms with Gasteiger partial charge < -0.3 is 5.73 Å². The van der Waals surface area contributed by atoms with E-state index in [-0.39, 0.29) is 12.2 Å². The van der Waals surface area contributed by atoms with Crippen molar-refractivity contribution in [3.8, 4) is 6.07 Å². The highest BCUT2D eigenvalue weighted by Crippen LogP contribution is 2.04. The van der Waals surface area contributed by atoms with E-state index in [1.165, 1.54) is 0 Å². The number of nitriles is 1. The minimum atomic E-state index is -0.659. The minimum Gasteiger partial charge on any atom is -0.320 e. The summed E-state index contributed by atoms with van der Waals surface area (Å²) in [5.74, 6) is -0.454. The van der Waals surface area contributed by atoms with Crippen molar-refractivity contribution in [2.45, 2.75) is 12.5 Å². The molecular weight excluding hydrogens is 148 g/mol. The molecule has 1 aromatic heterocycles. The molecular formula is C5H6N4O2. The smallest absolute Gasteiger partial charge is 0.320 e. The highest BCUT2D eigenvalue weighted by Gasteiger charge is 2.09. The monoisotopic (exact) mass is 154 g/mol. The molecule has 1 atom stereocenters. The molecule has 0 radical (unpaired) electrons. The van der Waals surface area contributed by atoms with Crippen molar-refractivity contribution >= 4 is 0 Å². The zero-order valence-electron chi connectivity index (χ0n) is 5.57. The summed E-state index contributed by atoms with van der Waals surface area (Å²) in [5, 5.41) is 11.5. The fourth-order valence-corrected chi connectivity index (χ4v) is 0.596. The molecule has 0 amide bonds. The number of H-pyrrole nitrogens is 1.